The van der Waals surface area contributed by atoms with Crippen molar-refractivity contribution in [1.29, 1.82) is 0 Å². The molecule has 0 aliphatic rings. The first-order chi connectivity index (χ1) is 9.20. The van der Waals surface area contributed by atoms with Crippen molar-refractivity contribution in [2.24, 2.45) is 0 Å². The Hall–Kier alpha value is -2.04. The molecule has 0 atom stereocenters. The zero-order valence-corrected chi connectivity index (χ0v) is 11.8. The van der Waals surface area contributed by atoms with Crippen LogP contribution in [0.25, 0.3) is 11.3 Å². The van der Waals surface area contributed by atoms with Gasteiger partial charge < -0.3 is 4.98 Å². The fourth-order valence-electron chi connectivity index (χ4n) is 1.83. The van der Waals surface area contributed by atoms with Crippen molar-refractivity contribution in [1.82, 2.24) is 9.97 Å². The van der Waals surface area contributed by atoms with Crippen LogP contribution >= 0.6 is 0 Å². The van der Waals surface area contributed by atoms with Crippen molar-refractivity contribution >= 4 is 0 Å². The van der Waals surface area contributed by atoms with Gasteiger partial charge in [0, 0.05) is 16.5 Å². The quantitative estimate of drug-likeness (QED) is 0.869. The third-order valence-corrected chi connectivity index (χ3v) is 3.05. The maximum absolute atomic E-state index is 13.9. The molecule has 3 nitrogen and oxygen atoms in total. The molecule has 0 bridgehead atoms. The van der Waals surface area contributed by atoms with Crippen LogP contribution in [0.15, 0.2) is 23.0 Å². The minimum Gasteiger partial charge on any atom is -0.310 e. The Balaban J connectivity index is 2.77. The van der Waals surface area contributed by atoms with Crippen molar-refractivity contribution in [3.63, 3.8) is 0 Å². The van der Waals surface area contributed by atoms with E-state index in [1.54, 1.807) is 0 Å². The third-order valence-electron chi connectivity index (χ3n) is 3.05. The summed E-state index contributed by atoms with van der Waals surface area (Å²) in [6, 6.07) is 3.12. The molecule has 1 aromatic heterocycles. The Morgan fingerprint density at radius 2 is 1.85 bits per heavy atom. The minimum atomic E-state index is -0.604. The second-order valence-electron chi connectivity index (χ2n) is 5.76. The van der Waals surface area contributed by atoms with Gasteiger partial charge in [0.05, 0.1) is 5.69 Å². The van der Waals surface area contributed by atoms with E-state index < -0.39 is 17.0 Å². The number of hydrogen-bond donors (Lipinski definition) is 1. The summed E-state index contributed by atoms with van der Waals surface area (Å²) < 4.78 is 27.2. The van der Waals surface area contributed by atoms with Crippen molar-refractivity contribution < 1.29 is 8.78 Å². The average molecular weight is 278 g/mol. The van der Waals surface area contributed by atoms with E-state index in [2.05, 4.69) is 9.97 Å². The van der Waals surface area contributed by atoms with Crippen LogP contribution in [-0.4, -0.2) is 9.97 Å². The van der Waals surface area contributed by atoms with Crippen molar-refractivity contribution in [2.75, 3.05) is 0 Å². The highest BCUT2D eigenvalue weighted by Gasteiger charge is 2.21. The van der Waals surface area contributed by atoms with Crippen LogP contribution in [0.2, 0.25) is 0 Å². The lowest BCUT2D eigenvalue weighted by Crippen LogP contribution is -2.24. The van der Waals surface area contributed by atoms with Crippen LogP contribution in [-0.2, 0) is 5.41 Å². The number of aromatic amines is 1. The molecule has 0 aliphatic heterocycles. The summed E-state index contributed by atoms with van der Waals surface area (Å²) in [5, 5.41) is 0. The molecule has 0 fully saturated rings. The summed E-state index contributed by atoms with van der Waals surface area (Å²) >= 11 is 0. The molecule has 0 aliphatic carbocycles. The molecule has 106 valence electrons. The number of nitrogens with one attached hydrogen (secondary N) is 1. The Morgan fingerprint density at radius 1 is 1.20 bits per heavy atom. The van der Waals surface area contributed by atoms with Crippen LogP contribution in [0.5, 0.6) is 0 Å². The number of nitrogens with zero attached hydrogens (tertiary/aromatic N) is 1. The molecule has 5 heteroatoms. The van der Waals surface area contributed by atoms with Crippen LogP contribution in [0, 0.1) is 18.6 Å². The molecule has 0 amide bonds. The van der Waals surface area contributed by atoms with Crippen LogP contribution in [0.3, 0.4) is 0 Å². The first kappa shape index (κ1) is 14.4. The van der Waals surface area contributed by atoms with Gasteiger partial charge in [-0.2, -0.15) is 0 Å². The molecule has 1 N–H and O–H groups in total. The van der Waals surface area contributed by atoms with E-state index in [0.717, 1.165) is 18.2 Å². The molecule has 1 aromatic carbocycles. The molecule has 2 aromatic rings. The molecule has 0 unspecified atom stereocenters. The first-order valence-corrected chi connectivity index (χ1v) is 6.27. The van der Waals surface area contributed by atoms with Gasteiger partial charge in [-0.3, -0.25) is 4.79 Å². The van der Waals surface area contributed by atoms with Crippen molar-refractivity contribution in [3.05, 3.63) is 51.6 Å². The van der Waals surface area contributed by atoms with Gasteiger partial charge in [0.25, 0.3) is 5.56 Å². The fourth-order valence-corrected chi connectivity index (χ4v) is 1.83. The monoisotopic (exact) mass is 278 g/mol. The van der Waals surface area contributed by atoms with Gasteiger partial charge in [-0.25, -0.2) is 13.8 Å². The van der Waals surface area contributed by atoms with Gasteiger partial charge in [0.2, 0.25) is 0 Å². The molecule has 0 radical (unpaired) electrons. The number of rotatable bonds is 1. The summed E-state index contributed by atoms with van der Waals surface area (Å²) in [5.74, 6) is -0.737. The first-order valence-electron chi connectivity index (χ1n) is 6.27. The molecule has 20 heavy (non-hydrogen) atoms. The minimum absolute atomic E-state index is 0.000833. The van der Waals surface area contributed by atoms with Crippen molar-refractivity contribution in [3.8, 4) is 11.3 Å². The van der Waals surface area contributed by atoms with Gasteiger partial charge in [-0.05, 0) is 25.1 Å². The molecular formula is C15H16F2N2O. The summed E-state index contributed by atoms with van der Waals surface area (Å²) in [6.07, 6.45) is 0. The molecule has 0 saturated carbocycles. The molecule has 0 saturated heterocycles. The van der Waals surface area contributed by atoms with E-state index in [9.17, 15) is 13.6 Å². The summed E-state index contributed by atoms with van der Waals surface area (Å²) in [5.41, 5.74) is -0.299. The second-order valence-corrected chi connectivity index (χ2v) is 5.76. The Bertz CT molecular complexity index is 715. The van der Waals surface area contributed by atoms with Gasteiger partial charge >= 0.3 is 0 Å². The Labute approximate surface area is 115 Å². The lowest BCUT2D eigenvalue weighted by molar-refractivity contribution is 0.542. The SMILES string of the molecule is Cc1c(-c2cc(F)ccc2F)nc(C(C)(C)C)[nH]c1=O. The maximum Gasteiger partial charge on any atom is 0.254 e. The highest BCUT2D eigenvalue weighted by Crippen LogP contribution is 2.26. The van der Waals surface area contributed by atoms with E-state index in [-0.39, 0.29) is 22.4 Å². The van der Waals surface area contributed by atoms with E-state index >= 15 is 0 Å². The zero-order valence-electron chi connectivity index (χ0n) is 11.8. The second kappa shape index (κ2) is 4.81. The molecule has 2 rings (SSSR count). The predicted molar refractivity (Wildman–Crippen MR) is 73.6 cm³/mol. The van der Waals surface area contributed by atoms with Crippen LogP contribution in [0.1, 0.15) is 32.2 Å². The largest absolute Gasteiger partial charge is 0.310 e. The predicted octanol–water partition coefficient (Wildman–Crippen LogP) is 3.32. The van der Waals surface area contributed by atoms with Gasteiger partial charge in [0.1, 0.15) is 17.5 Å². The fraction of sp³-hybridized carbons (Fsp3) is 0.333. The van der Waals surface area contributed by atoms with Crippen molar-refractivity contribution in [2.45, 2.75) is 33.1 Å². The summed E-state index contributed by atoms with van der Waals surface area (Å²) in [6.45, 7) is 7.18. The number of aromatic nitrogens is 2. The highest BCUT2D eigenvalue weighted by atomic mass is 19.1. The topological polar surface area (TPSA) is 45.8 Å². The number of H-pyrrole nitrogens is 1. The zero-order chi connectivity index (χ0) is 15.1. The van der Waals surface area contributed by atoms with E-state index in [4.69, 9.17) is 0 Å². The molecule has 0 spiro atoms. The highest BCUT2D eigenvalue weighted by molar-refractivity contribution is 5.63. The lowest BCUT2D eigenvalue weighted by Gasteiger charge is -2.19. The van der Waals surface area contributed by atoms with E-state index in [1.165, 1.54) is 6.92 Å². The standard InChI is InChI=1S/C15H16F2N2O/c1-8-12(10-7-9(16)5-6-11(10)17)18-14(15(2,3)4)19-13(8)20/h5-7H,1-4H3,(H,18,19,20). The summed E-state index contributed by atoms with van der Waals surface area (Å²) in [7, 11) is 0. The van der Waals surface area contributed by atoms with Crippen LogP contribution < -0.4 is 5.56 Å². The number of halogens is 2. The van der Waals surface area contributed by atoms with Gasteiger partial charge in [-0.1, -0.05) is 20.8 Å². The molecule has 1 heterocycles. The Morgan fingerprint density at radius 3 is 2.45 bits per heavy atom. The average Bonchev–Trinajstić information content (AvgIpc) is 2.34. The van der Waals surface area contributed by atoms with E-state index in [0.29, 0.717) is 5.82 Å². The number of benzene rings is 1. The molecular weight excluding hydrogens is 262 g/mol. The maximum atomic E-state index is 13.9. The number of hydrogen-bond acceptors (Lipinski definition) is 2. The van der Waals surface area contributed by atoms with E-state index in [1.807, 2.05) is 20.8 Å². The van der Waals surface area contributed by atoms with Gasteiger partial charge in [-0.15, -0.1) is 0 Å². The third kappa shape index (κ3) is 2.61. The van der Waals surface area contributed by atoms with Gasteiger partial charge in [0.15, 0.2) is 0 Å². The lowest BCUT2D eigenvalue weighted by atomic mass is 9.95. The summed E-state index contributed by atoms with van der Waals surface area (Å²) in [4.78, 5) is 19.0. The smallest absolute Gasteiger partial charge is 0.254 e. The van der Waals surface area contributed by atoms with Crippen LogP contribution in [0.4, 0.5) is 8.78 Å². The Kier molecular flexibility index (Phi) is 3.46. The normalized spacial score (nSPS) is 11.7.